The largest absolute Gasteiger partial charge is 0.497 e. The smallest absolute Gasteiger partial charge is 0.211 e. The number of para-hydroxylation sites is 1. The second-order valence-electron chi connectivity index (χ2n) is 7.77. The van der Waals surface area contributed by atoms with Gasteiger partial charge in [-0.2, -0.15) is 5.10 Å². The van der Waals surface area contributed by atoms with E-state index < -0.39 is 0 Å². The van der Waals surface area contributed by atoms with Crippen molar-refractivity contribution in [1.82, 2.24) is 4.68 Å². The van der Waals surface area contributed by atoms with Gasteiger partial charge in [-0.1, -0.05) is 58.4 Å². The summed E-state index contributed by atoms with van der Waals surface area (Å²) in [5.41, 5.74) is 3.72. The Morgan fingerprint density at radius 3 is 2.36 bits per heavy atom. The van der Waals surface area contributed by atoms with Gasteiger partial charge in [-0.25, -0.2) is 9.67 Å². The molecule has 178 valence electrons. The zero-order valence-corrected chi connectivity index (χ0v) is 21.8. The molecule has 5 rings (SSSR count). The van der Waals surface area contributed by atoms with Crippen LogP contribution in [0.25, 0.3) is 11.3 Å². The Balaban J connectivity index is 1.52. The highest BCUT2D eigenvalue weighted by molar-refractivity contribution is 9.10. The second-order valence-corrected chi connectivity index (χ2v) is 9.52. The fourth-order valence-electron chi connectivity index (χ4n) is 3.51. The Kier molecular flexibility index (Phi) is 7.40. The van der Waals surface area contributed by atoms with Gasteiger partial charge in [-0.15, -0.1) is 11.3 Å². The predicted octanol–water partition coefficient (Wildman–Crippen LogP) is 7.89. The lowest BCUT2D eigenvalue weighted by molar-refractivity contribution is 0.415. The van der Waals surface area contributed by atoms with Crippen molar-refractivity contribution in [3.8, 4) is 28.5 Å². The maximum atomic E-state index is 5.98. The lowest BCUT2D eigenvalue weighted by Crippen LogP contribution is -2.11. The van der Waals surface area contributed by atoms with Crippen molar-refractivity contribution in [3.05, 3.63) is 123 Å². The van der Waals surface area contributed by atoms with Crippen molar-refractivity contribution in [2.24, 2.45) is 10.1 Å². The van der Waals surface area contributed by atoms with Gasteiger partial charge in [0, 0.05) is 15.4 Å². The number of ether oxygens (including phenoxy) is 2. The first-order valence-corrected chi connectivity index (χ1v) is 12.9. The first kappa shape index (κ1) is 23.8. The van der Waals surface area contributed by atoms with Crippen molar-refractivity contribution < 1.29 is 9.47 Å². The molecule has 1 aromatic heterocycles. The number of benzene rings is 4. The van der Waals surface area contributed by atoms with E-state index in [9.17, 15) is 0 Å². The molecule has 5 nitrogen and oxygen atoms in total. The van der Waals surface area contributed by atoms with Gasteiger partial charge in [-0.3, -0.25) is 0 Å². The predicted molar refractivity (Wildman–Crippen MR) is 150 cm³/mol. The van der Waals surface area contributed by atoms with Crippen LogP contribution in [0.4, 0.5) is 5.69 Å². The number of methoxy groups -OCH3 is 1. The minimum absolute atomic E-state index is 0.746. The molecule has 0 aliphatic carbocycles. The summed E-state index contributed by atoms with van der Waals surface area (Å²) in [7, 11) is 1.65. The van der Waals surface area contributed by atoms with Crippen LogP contribution in [0, 0.1) is 0 Å². The van der Waals surface area contributed by atoms with Crippen molar-refractivity contribution in [3.63, 3.8) is 0 Å². The number of hydrogen-bond donors (Lipinski definition) is 0. The molecule has 0 radical (unpaired) electrons. The molecular weight excluding hydrogens is 534 g/mol. The van der Waals surface area contributed by atoms with Gasteiger partial charge in [0.15, 0.2) is 0 Å². The van der Waals surface area contributed by atoms with E-state index in [1.807, 2.05) is 102 Å². The van der Waals surface area contributed by atoms with Crippen LogP contribution in [-0.2, 0) is 0 Å². The van der Waals surface area contributed by atoms with Crippen LogP contribution in [0.3, 0.4) is 0 Å². The molecule has 0 aliphatic rings. The van der Waals surface area contributed by atoms with Crippen molar-refractivity contribution in [2.45, 2.75) is 0 Å². The van der Waals surface area contributed by atoms with Gasteiger partial charge in [-0.05, 0) is 66.2 Å². The van der Waals surface area contributed by atoms with E-state index in [2.05, 4.69) is 33.4 Å². The third-order valence-electron chi connectivity index (χ3n) is 5.26. The van der Waals surface area contributed by atoms with E-state index in [0.29, 0.717) is 0 Å². The summed E-state index contributed by atoms with van der Waals surface area (Å²) in [6.07, 6.45) is 1.82. The van der Waals surface area contributed by atoms with Gasteiger partial charge < -0.3 is 9.47 Å². The Morgan fingerprint density at radius 2 is 1.58 bits per heavy atom. The Labute approximate surface area is 221 Å². The summed E-state index contributed by atoms with van der Waals surface area (Å²) < 4.78 is 14.1. The van der Waals surface area contributed by atoms with Crippen LogP contribution in [0.2, 0.25) is 0 Å². The molecule has 5 aromatic rings. The molecule has 0 fully saturated rings. The van der Waals surface area contributed by atoms with Crippen LogP contribution >= 0.6 is 27.3 Å². The number of thiazole rings is 1. The Hall–Kier alpha value is -3.94. The van der Waals surface area contributed by atoms with Gasteiger partial charge in [0.05, 0.1) is 24.7 Å². The fourth-order valence-corrected chi connectivity index (χ4v) is 4.77. The number of aromatic nitrogens is 1. The molecule has 7 heteroatoms. The molecule has 0 aliphatic heterocycles. The van der Waals surface area contributed by atoms with Crippen LogP contribution < -0.4 is 14.3 Å². The first-order valence-electron chi connectivity index (χ1n) is 11.2. The number of hydrogen-bond acceptors (Lipinski definition) is 5. The van der Waals surface area contributed by atoms with Gasteiger partial charge in [0.25, 0.3) is 0 Å². The number of nitrogens with zero attached hydrogens (tertiary/aromatic N) is 3. The summed E-state index contributed by atoms with van der Waals surface area (Å²) in [5.74, 6) is 2.32. The molecule has 0 saturated carbocycles. The topological polar surface area (TPSA) is 48.1 Å². The fraction of sp³-hybridized carbons (Fsp3) is 0.0345. The van der Waals surface area contributed by atoms with Gasteiger partial charge in [0.1, 0.15) is 17.2 Å². The zero-order chi connectivity index (χ0) is 24.7. The van der Waals surface area contributed by atoms with Crippen molar-refractivity contribution >= 4 is 39.2 Å². The highest BCUT2D eigenvalue weighted by Gasteiger charge is 2.09. The van der Waals surface area contributed by atoms with E-state index in [1.165, 1.54) is 11.3 Å². The molecule has 1 heterocycles. The number of halogens is 1. The maximum Gasteiger partial charge on any atom is 0.211 e. The van der Waals surface area contributed by atoms with Gasteiger partial charge >= 0.3 is 0 Å². The zero-order valence-electron chi connectivity index (χ0n) is 19.4. The van der Waals surface area contributed by atoms with Crippen LogP contribution in [-0.4, -0.2) is 18.0 Å². The molecule has 36 heavy (non-hydrogen) atoms. The summed E-state index contributed by atoms with van der Waals surface area (Å²) in [4.78, 5) is 5.60. The molecule has 0 saturated heterocycles. The van der Waals surface area contributed by atoms with Crippen LogP contribution in [0.15, 0.2) is 123 Å². The maximum absolute atomic E-state index is 5.98. The Bertz CT molecular complexity index is 1560. The van der Waals surface area contributed by atoms with E-state index in [-0.39, 0.29) is 0 Å². The molecule has 4 aromatic carbocycles. The highest BCUT2D eigenvalue weighted by Crippen LogP contribution is 2.25. The SMILES string of the molecule is COc1ccc(N=c2scc(-c3cccc(Br)c3)n2/N=C\c2cccc(Oc3ccccc3)c2)cc1. The number of rotatable bonds is 7. The molecule has 0 unspecified atom stereocenters. The molecule has 0 spiro atoms. The molecule has 0 bridgehead atoms. The minimum Gasteiger partial charge on any atom is -0.497 e. The second kappa shape index (κ2) is 11.2. The van der Waals surface area contributed by atoms with E-state index in [1.54, 1.807) is 7.11 Å². The van der Waals surface area contributed by atoms with Crippen LogP contribution in [0.5, 0.6) is 17.2 Å². The standard InChI is InChI=1S/C29H22BrN3O2S/c1-34-25-15-13-24(14-16-25)32-29-33(28(20-36-29)22-8-6-9-23(30)18-22)31-19-21-7-5-12-27(17-21)35-26-10-3-2-4-11-26/h2-20H,1H3/b31-19-,32-29?. The summed E-state index contributed by atoms with van der Waals surface area (Å²) in [6.45, 7) is 0. The lowest BCUT2D eigenvalue weighted by Gasteiger charge is -2.06. The normalized spacial score (nSPS) is 11.7. The van der Waals surface area contributed by atoms with Crippen molar-refractivity contribution in [1.29, 1.82) is 0 Å². The monoisotopic (exact) mass is 555 g/mol. The quantitative estimate of drug-likeness (QED) is 0.192. The van der Waals surface area contributed by atoms with Crippen LogP contribution in [0.1, 0.15) is 5.56 Å². The van der Waals surface area contributed by atoms with E-state index in [0.717, 1.165) is 49.0 Å². The van der Waals surface area contributed by atoms with E-state index in [4.69, 9.17) is 19.6 Å². The third-order valence-corrected chi connectivity index (χ3v) is 6.57. The average molecular weight is 556 g/mol. The molecule has 0 N–H and O–H groups in total. The lowest BCUT2D eigenvalue weighted by atomic mass is 10.2. The first-order chi connectivity index (χ1) is 17.7. The summed E-state index contributed by atoms with van der Waals surface area (Å²) >= 11 is 5.11. The minimum atomic E-state index is 0.746. The molecule has 0 amide bonds. The van der Waals surface area contributed by atoms with Gasteiger partial charge in [0.2, 0.25) is 4.80 Å². The summed E-state index contributed by atoms with van der Waals surface area (Å²) in [5, 5.41) is 6.90. The molecular formula is C29H22BrN3O2S. The van der Waals surface area contributed by atoms with E-state index >= 15 is 0 Å². The molecule has 0 atom stereocenters. The third kappa shape index (κ3) is 5.82. The average Bonchev–Trinajstić information content (AvgIpc) is 3.31. The Morgan fingerprint density at radius 1 is 0.806 bits per heavy atom. The highest BCUT2D eigenvalue weighted by atomic mass is 79.9. The van der Waals surface area contributed by atoms with Crippen molar-refractivity contribution in [2.75, 3.05) is 7.11 Å². The summed E-state index contributed by atoms with van der Waals surface area (Å²) in [6, 6.07) is 33.3.